The van der Waals surface area contributed by atoms with E-state index in [0.29, 0.717) is 0 Å². The number of nitro groups is 1. The van der Waals surface area contributed by atoms with E-state index < -0.39 is 4.92 Å². The summed E-state index contributed by atoms with van der Waals surface area (Å²) in [6, 6.07) is 15.5. The Balaban J connectivity index is 1.54. The van der Waals surface area contributed by atoms with E-state index in [1.54, 1.807) is 12.1 Å². The van der Waals surface area contributed by atoms with Crippen molar-refractivity contribution in [3.8, 4) is 0 Å². The quantitative estimate of drug-likeness (QED) is 0.614. The summed E-state index contributed by atoms with van der Waals surface area (Å²) in [6.07, 6.45) is 0. The largest absolute Gasteiger partial charge is 0.297 e. The van der Waals surface area contributed by atoms with E-state index in [1.807, 2.05) is 12.1 Å². The van der Waals surface area contributed by atoms with Crippen LogP contribution in [-0.4, -0.2) is 40.9 Å². The molecule has 1 fully saturated rings. The van der Waals surface area contributed by atoms with Crippen molar-refractivity contribution in [2.24, 2.45) is 0 Å². The first-order valence-corrected chi connectivity index (χ1v) is 8.41. The highest BCUT2D eigenvalue weighted by molar-refractivity contribution is 6.32. The van der Waals surface area contributed by atoms with Crippen LogP contribution in [0.5, 0.6) is 0 Å². The fraction of sp³-hybridized carbons (Fsp3) is 0.333. The zero-order valence-corrected chi connectivity index (χ0v) is 14.2. The van der Waals surface area contributed by atoms with Crippen LogP contribution in [0.3, 0.4) is 0 Å². The molecule has 2 aromatic rings. The third-order valence-corrected chi connectivity index (χ3v) is 4.65. The summed E-state index contributed by atoms with van der Waals surface area (Å²) in [5.74, 6) is 0. The van der Waals surface area contributed by atoms with Crippen LogP contribution < -0.4 is 0 Å². The Hall–Kier alpha value is -1.95. The van der Waals surface area contributed by atoms with E-state index in [4.69, 9.17) is 11.6 Å². The summed E-state index contributed by atoms with van der Waals surface area (Å²) >= 11 is 5.87. The highest BCUT2D eigenvalue weighted by atomic mass is 35.5. The van der Waals surface area contributed by atoms with Crippen molar-refractivity contribution < 1.29 is 4.92 Å². The van der Waals surface area contributed by atoms with Crippen molar-refractivity contribution >= 4 is 17.3 Å². The van der Waals surface area contributed by atoms with Crippen molar-refractivity contribution in [3.63, 3.8) is 0 Å². The third-order valence-electron chi connectivity index (χ3n) is 4.33. The molecule has 0 aliphatic carbocycles. The average molecular weight is 346 g/mol. The van der Waals surface area contributed by atoms with Crippen molar-refractivity contribution in [1.82, 2.24) is 9.80 Å². The first-order chi connectivity index (χ1) is 11.6. The minimum absolute atomic E-state index is 0.0168. The Morgan fingerprint density at radius 1 is 0.917 bits per heavy atom. The first kappa shape index (κ1) is 16.9. The number of nitrogens with zero attached hydrogens (tertiary/aromatic N) is 3. The van der Waals surface area contributed by atoms with Crippen LogP contribution in [0.1, 0.15) is 11.1 Å². The second-order valence-electron chi connectivity index (χ2n) is 6.08. The van der Waals surface area contributed by atoms with Gasteiger partial charge in [-0.15, -0.1) is 0 Å². The Kier molecular flexibility index (Phi) is 5.45. The van der Waals surface area contributed by atoms with Gasteiger partial charge in [-0.05, 0) is 17.2 Å². The first-order valence-electron chi connectivity index (χ1n) is 8.03. The Morgan fingerprint density at radius 2 is 1.50 bits per heavy atom. The van der Waals surface area contributed by atoms with Crippen LogP contribution >= 0.6 is 11.6 Å². The smallest absolute Gasteiger partial charge is 0.288 e. The molecule has 3 rings (SSSR count). The van der Waals surface area contributed by atoms with Gasteiger partial charge in [0.2, 0.25) is 0 Å². The summed E-state index contributed by atoms with van der Waals surface area (Å²) in [5.41, 5.74) is 2.25. The minimum Gasteiger partial charge on any atom is -0.297 e. The predicted molar refractivity (Wildman–Crippen MR) is 95.1 cm³/mol. The molecule has 0 radical (unpaired) electrons. The highest BCUT2D eigenvalue weighted by Gasteiger charge is 2.19. The maximum Gasteiger partial charge on any atom is 0.288 e. The number of halogens is 1. The van der Waals surface area contributed by atoms with E-state index in [2.05, 4.69) is 34.1 Å². The monoisotopic (exact) mass is 345 g/mol. The molecular weight excluding hydrogens is 326 g/mol. The lowest BCUT2D eigenvalue weighted by molar-refractivity contribution is -0.384. The molecule has 0 N–H and O–H groups in total. The third kappa shape index (κ3) is 4.32. The lowest BCUT2D eigenvalue weighted by Crippen LogP contribution is -2.45. The van der Waals surface area contributed by atoms with Gasteiger partial charge in [-0.3, -0.25) is 19.9 Å². The van der Waals surface area contributed by atoms with Gasteiger partial charge in [-0.25, -0.2) is 0 Å². The molecule has 24 heavy (non-hydrogen) atoms. The van der Waals surface area contributed by atoms with E-state index in [0.717, 1.165) is 44.8 Å². The van der Waals surface area contributed by atoms with E-state index >= 15 is 0 Å². The van der Waals surface area contributed by atoms with Gasteiger partial charge in [0.25, 0.3) is 5.69 Å². The van der Waals surface area contributed by atoms with Crippen molar-refractivity contribution in [2.75, 3.05) is 26.2 Å². The van der Waals surface area contributed by atoms with Gasteiger partial charge in [-0.1, -0.05) is 48.0 Å². The molecule has 1 heterocycles. The van der Waals surface area contributed by atoms with E-state index in [1.165, 1.54) is 5.56 Å². The summed E-state index contributed by atoms with van der Waals surface area (Å²) in [4.78, 5) is 15.3. The van der Waals surface area contributed by atoms with Gasteiger partial charge < -0.3 is 0 Å². The van der Waals surface area contributed by atoms with Crippen LogP contribution in [0.2, 0.25) is 5.02 Å². The van der Waals surface area contributed by atoms with Crippen molar-refractivity contribution in [2.45, 2.75) is 13.1 Å². The van der Waals surface area contributed by atoms with E-state index in [9.17, 15) is 10.1 Å². The standard InChI is InChI=1S/C18H20ClN3O2/c19-17-7-6-16(12-18(17)22(23)24)14-21-10-8-20(9-11-21)13-15-4-2-1-3-5-15/h1-7,12H,8-11,13-14H2. The summed E-state index contributed by atoms with van der Waals surface area (Å²) in [5, 5.41) is 11.2. The fourth-order valence-electron chi connectivity index (χ4n) is 3.00. The van der Waals surface area contributed by atoms with Crippen molar-refractivity contribution in [1.29, 1.82) is 0 Å². The van der Waals surface area contributed by atoms with Gasteiger partial charge in [-0.2, -0.15) is 0 Å². The van der Waals surface area contributed by atoms with Crippen LogP contribution in [-0.2, 0) is 13.1 Å². The van der Waals surface area contributed by atoms with Crippen LogP contribution in [0.4, 0.5) is 5.69 Å². The Morgan fingerprint density at radius 3 is 2.08 bits per heavy atom. The molecule has 0 unspecified atom stereocenters. The van der Waals surface area contributed by atoms with Gasteiger partial charge >= 0.3 is 0 Å². The zero-order valence-electron chi connectivity index (χ0n) is 13.4. The van der Waals surface area contributed by atoms with Crippen LogP contribution in [0.15, 0.2) is 48.5 Å². The summed E-state index contributed by atoms with van der Waals surface area (Å²) in [7, 11) is 0. The number of benzene rings is 2. The van der Waals surface area contributed by atoms with Crippen LogP contribution in [0.25, 0.3) is 0 Å². The lowest BCUT2D eigenvalue weighted by Gasteiger charge is -2.34. The van der Waals surface area contributed by atoms with Gasteiger partial charge in [0.05, 0.1) is 4.92 Å². The molecule has 0 atom stereocenters. The molecule has 0 amide bonds. The maximum absolute atomic E-state index is 11.0. The van der Waals surface area contributed by atoms with E-state index in [-0.39, 0.29) is 10.7 Å². The molecule has 0 saturated carbocycles. The molecule has 1 aliphatic heterocycles. The summed E-state index contributed by atoms with van der Waals surface area (Å²) in [6.45, 7) is 5.62. The van der Waals surface area contributed by atoms with Crippen LogP contribution in [0, 0.1) is 10.1 Å². The molecular formula is C18H20ClN3O2. The van der Waals surface area contributed by atoms with Crippen molar-refractivity contribution in [3.05, 3.63) is 74.8 Å². The number of hydrogen-bond acceptors (Lipinski definition) is 4. The lowest BCUT2D eigenvalue weighted by atomic mass is 10.1. The molecule has 126 valence electrons. The molecule has 1 saturated heterocycles. The highest BCUT2D eigenvalue weighted by Crippen LogP contribution is 2.25. The molecule has 2 aromatic carbocycles. The Bertz CT molecular complexity index is 701. The molecule has 6 heteroatoms. The SMILES string of the molecule is O=[N+]([O-])c1cc(CN2CCN(Cc3ccccc3)CC2)ccc1Cl. The molecule has 0 aromatic heterocycles. The maximum atomic E-state index is 11.0. The normalized spacial score (nSPS) is 16.2. The number of hydrogen-bond donors (Lipinski definition) is 0. The second-order valence-corrected chi connectivity index (χ2v) is 6.49. The fourth-order valence-corrected chi connectivity index (χ4v) is 3.19. The average Bonchev–Trinajstić information content (AvgIpc) is 2.59. The zero-order chi connectivity index (χ0) is 16.9. The number of rotatable bonds is 5. The molecule has 0 spiro atoms. The molecule has 0 bridgehead atoms. The molecule has 5 nitrogen and oxygen atoms in total. The minimum atomic E-state index is -0.427. The second kappa shape index (κ2) is 7.75. The van der Waals surface area contributed by atoms with Gasteiger partial charge in [0.15, 0.2) is 0 Å². The Labute approximate surface area is 146 Å². The van der Waals surface area contributed by atoms with Gasteiger partial charge in [0.1, 0.15) is 5.02 Å². The predicted octanol–water partition coefficient (Wildman–Crippen LogP) is 3.57. The summed E-state index contributed by atoms with van der Waals surface area (Å²) < 4.78 is 0. The molecule has 1 aliphatic rings. The topological polar surface area (TPSA) is 49.6 Å². The number of piperazine rings is 1. The number of nitro benzene ring substituents is 1. The van der Waals surface area contributed by atoms with Gasteiger partial charge in [0, 0.05) is 45.3 Å².